The van der Waals surface area contributed by atoms with Gasteiger partial charge in [-0.05, 0) is 37.6 Å². The highest BCUT2D eigenvalue weighted by Gasteiger charge is 2.49. The average molecular weight is 400 g/mol. The molecule has 0 radical (unpaired) electrons. The Morgan fingerprint density at radius 1 is 0.862 bits per heavy atom. The lowest BCUT2D eigenvalue weighted by molar-refractivity contribution is -0.351. The Labute approximate surface area is 171 Å². The number of benzene rings is 2. The van der Waals surface area contributed by atoms with Crippen LogP contribution in [0.2, 0.25) is 0 Å². The van der Waals surface area contributed by atoms with Crippen molar-refractivity contribution in [3.8, 4) is 17.2 Å². The summed E-state index contributed by atoms with van der Waals surface area (Å²) in [7, 11) is 4.77. The van der Waals surface area contributed by atoms with Gasteiger partial charge in [-0.15, -0.1) is 0 Å². The van der Waals surface area contributed by atoms with Gasteiger partial charge in [-0.1, -0.05) is 30.3 Å². The number of rotatable bonds is 9. The lowest BCUT2D eigenvalue weighted by atomic mass is 9.95. The molecule has 0 N–H and O–H groups in total. The predicted molar refractivity (Wildman–Crippen MR) is 110 cm³/mol. The van der Waals surface area contributed by atoms with E-state index in [1.165, 1.54) is 0 Å². The summed E-state index contributed by atoms with van der Waals surface area (Å²) < 4.78 is 34.9. The molecule has 0 fully saturated rings. The molecule has 0 aromatic heterocycles. The maximum absolute atomic E-state index is 6.29. The van der Waals surface area contributed by atoms with Gasteiger partial charge in [0.05, 0.1) is 34.5 Å². The van der Waals surface area contributed by atoms with Crippen LogP contribution in [0.5, 0.6) is 17.2 Å². The smallest absolute Gasteiger partial charge is 0.338 e. The lowest BCUT2D eigenvalue weighted by Gasteiger charge is -2.34. The Hall–Kier alpha value is -2.70. The first kappa shape index (κ1) is 21.0. The molecule has 156 valence electrons. The summed E-state index contributed by atoms with van der Waals surface area (Å²) in [6, 6.07) is 13.7. The third-order valence-corrected chi connectivity index (χ3v) is 4.75. The number of hydrogen-bond donors (Lipinski definition) is 0. The summed E-state index contributed by atoms with van der Waals surface area (Å²) in [6.07, 6.45) is 2.02. The van der Waals surface area contributed by atoms with E-state index in [9.17, 15) is 0 Å². The first-order valence-corrected chi connectivity index (χ1v) is 9.66. The summed E-state index contributed by atoms with van der Waals surface area (Å²) >= 11 is 0. The molecule has 6 nitrogen and oxygen atoms in total. The quantitative estimate of drug-likeness (QED) is 0.574. The highest BCUT2D eigenvalue weighted by Crippen LogP contribution is 2.49. The fourth-order valence-electron chi connectivity index (χ4n) is 3.53. The van der Waals surface area contributed by atoms with Gasteiger partial charge in [0.2, 0.25) is 5.75 Å². The van der Waals surface area contributed by atoms with Crippen LogP contribution >= 0.6 is 0 Å². The molecule has 1 aliphatic heterocycles. The van der Waals surface area contributed by atoms with Crippen LogP contribution in [0.1, 0.15) is 30.9 Å². The van der Waals surface area contributed by atoms with E-state index in [-0.39, 0.29) is 5.92 Å². The summed E-state index contributed by atoms with van der Waals surface area (Å²) in [5.41, 5.74) is 1.82. The summed E-state index contributed by atoms with van der Waals surface area (Å²) in [4.78, 5) is 0. The third kappa shape index (κ3) is 4.04. The van der Waals surface area contributed by atoms with Crippen LogP contribution in [-0.2, 0) is 14.2 Å². The Morgan fingerprint density at radius 3 is 1.93 bits per heavy atom. The molecule has 1 unspecified atom stereocenters. The van der Waals surface area contributed by atoms with Crippen LogP contribution < -0.4 is 14.2 Å². The molecule has 0 saturated heterocycles. The highest BCUT2D eigenvalue weighted by atomic mass is 16.9. The third-order valence-electron chi connectivity index (χ3n) is 4.75. The van der Waals surface area contributed by atoms with Gasteiger partial charge < -0.3 is 28.4 Å². The zero-order chi connectivity index (χ0) is 20.9. The maximum atomic E-state index is 6.29. The molecule has 1 heterocycles. The molecular weight excluding hydrogens is 372 g/mol. The first-order chi connectivity index (χ1) is 14.1. The summed E-state index contributed by atoms with van der Waals surface area (Å²) in [6.45, 7) is 4.68. The molecule has 2 aromatic carbocycles. The number of hydrogen-bond acceptors (Lipinski definition) is 6. The molecular formula is C23H28O6. The van der Waals surface area contributed by atoms with Crippen LogP contribution in [0.15, 0.2) is 48.5 Å². The van der Waals surface area contributed by atoms with Gasteiger partial charge >= 0.3 is 5.97 Å². The summed E-state index contributed by atoms with van der Waals surface area (Å²) in [5.74, 6) is 0.732. The van der Waals surface area contributed by atoms with Crippen LogP contribution in [-0.4, -0.2) is 40.5 Å². The average Bonchev–Trinajstić information content (AvgIpc) is 3.13. The van der Waals surface area contributed by atoms with E-state index in [1.54, 1.807) is 21.3 Å². The second-order valence-electron chi connectivity index (χ2n) is 6.40. The fraction of sp³-hybridized carbons (Fsp3) is 0.391. The molecule has 0 bridgehead atoms. The molecule has 1 aliphatic rings. The van der Waals surface area contributed by atoms with E-state index in [0.717, 1.165) is 11.1 Å². The normalized spacial score (nSPS) is 17.4. The van der Waals surface area contributed by atoms with Gasteiger partial charge in [-0.25, -0.2) is 0 Å². The van der Waals surface area contributed by atoms with Crippen molar-refractivity contribution >= 4 is 5.76 Å². The van der Waals surface area contributed by atoms with Gasteiger partial charge in [0, 0.05) is 5.56 Å². The maximum Gasteiger partial charge on any atom is 0.338 e. The largest absolute Gasteiger partial charge is 0.493 e. The molecule has 0 spiro atoms. The molecule has 0 amide bonds. The molecule has 1 atom stereocenters. The van der Waals surface area contributed by atoms with E-state index < -0.39 is 5.97 Å². The van der Waals surface area contributed by atoms with Crippen LogP contribution in [0.3, 0.4) is 0 Å². The predicted octanol–water partition coefficient (Wildman–Crippen LogP) is 4.59. The van der Waals surface area contributed by atoms with Gasteiger partial charge in [-0.2, -0.15) is 0 Å². The minimum Gasteiger partial charge on any atom is -0.493 e. The Kier molecular flexibility index (Phi) is 6.67. The fourth-order valence-corrected chi connectivity index (χ4v) is 3.53. The van der Waals surface area contributed by atoms with Gasteiger partial charge in [0.25, 0.3) is 0 Å². The zero-order valence-corrected chi connectivity index (χ0v) is 17.6. The lowest BCUT2D eigenvalue weighted by Crippen LogP contribution is -2.41. The van der Waals surface area contributed by atoms with E-state index in [0.29, 0.717) is 36.2 Å². The van der Waals surface area contributed by atoms with Gasteiger partial charge in [0.15, 0.2) is 11.5 Å². The topological polar surface area (TPSA) is 55.4 Å². The van der Waals surface area contributed by atoms with Crippen molar-refractivity contribution < 1.29 is 28.4 Å². The van der Waals surface area contributed by atoms with Crippen molar-refractivity contribution in [2.75, 3.05) is 34.5 Å². The minimum absolute atomic E-state index is 0.341. The molecule has 2 aromatic rings. The van der Waals surface area contributed by atoms with E-state index in [4.69, 9.17) is 28.4 Å². The van der Waals surface area contributed by atoms with Crippen molar-refractivity contribution in [3.63, 3.8) is 0 Å². The van der Waals surface area contributed by atoms with Gasteiger partial charge in [-0.3, -0.25) is 0 Å². The Bertz CT molecular complexity index is 815. The SMILES string of the molecule is CCOC1(OCC)OC(c2ccccc2)=CC1c1cc(OC)c(OC)c(OC)c1. The molecule has 0 aliphatic carbocycles. The number of ether oxygens (including phenoxy) is 6. The standard InChI is InChI=1S/C23H28O6/c1-6-27-23(28-7-2)18(15-19(29-23)16-11-9-8-10-12-16)17-13-20(24-3)22(26-5)21(14-17)25-4/h8-15,18H,6-7H2,1-5H3. The van der Waals surface area contributed by atoms with E-state index >= 15 is 0 Å². The van der Waals surface area contributed by atoms with Crippen molar-refractivity contribution in [2.45, 2.75) is 25.7 Å². The molecule has 0 saturated carbocycles. The highest BCUT2D eigenvalue weighted by molar-refractivity contribution is 5.65. The van der Waals surface area contributed by atoms with Crippen molar-refractivity contribution in [2.24, 2.45) is 0 Å². The molecule has 6 heteroatoms. The van der Waals surface area contributed by atoms with Gasteiger partial charge in [0.1, 0.15) is 11.7 Å². The second-order valence-corrected chi connectivity index (χ2v) is 6.40. The Balaban J connectivity index is 2.15. The van der Waals surface area contributed by atoms with Crippen LogP contribution in [0, 0.1) is 0 Å². The number of methoxy groups -OCH3 is 3. The second kappa shape index (κ2) is 9.20. The zero-order valence-electron chi connectivity index (χ0n) is 17.6. The van der Waals surface area contributed by atoms with E-state index in [2.05, 4.69) is 0 Å². The van der Waals surface area contributed by atoms with Crippen LogP contribution in [0.4, 0.5) is 0 Å². The van der Waals surface area contributed by atoms with Crippen molar-refractivity contribution in [1.82, 2.24) is 0 Å². The van der Waals surface area contributed by atoms with Crippen molar-refractivity contribution in [1.29, 1.82) is 0 Å². The molecule has 3 rings (SSSR count). The monoisotopic (exact) mass is 400 g/mol. The Morgan fingerprint density at radius 2 is 1.45 bits per heavy atom. The van der Waals surface area contributed by atoms with Crippen molar-refractivity contribution in [3.05, 3.63) is 59.7 Å². The van der Waals surface area contributed by atoms with Crippen LogP contribution in [0.25, 0.3) is 5.76 Å². The van der Waals surface area contributed by atoms with E-state index in [1.807, 2.05) is 62.4 Å². The first-order valence-electron chi connectivity index (χ1n) is 9.66. The summed E-state index contributed by atoms with van der Waals surface area (Å²) in [5, 5.41) is 0. The minimum atomic E-state index is -1.28. The molecule has 29 heavy (non-hydrogen) atoms.